The van der Waals surface area contributed by atoms with E-state index in [9.17, 15) is 14.4 Å². The van der Waals surface area contributed by atoms with Gasteiger partial charge in [0.25, 0.3) is 5.91 Å². The molecule has 0 aliphatic rings. The molecule has 1 aromatic carbocycles. The van der Waals surface area contributed by atoms with Crippen molar-refractivity contribution < 1.29 is 23.9 Å². The predicted molar refractivity (Wildman–Crippen MR) is 84.3 cm³/mol. The lowest BCUT2D eigenvalue weighted by atomic mass is 10.1. The van der Waals surface area contributed by atoms with Gasteiger partial charge in [0.15, 0.2) is 13.2 Å². The Balaban J connectivity index is 2.29. The summed E-state index contributed by atoms with van der Waals surface area (Å²) in [6.45, 7) is 4.32. The fraction of sp³-hybridized carbons (Fsp3) is 0.400. The van der Waals surface area contributed by atoms with Gasteiger partial charge in [0.05, 0.1) is 5.02 Å². The van der Waals surface area contributed by atoms with Gasteiger partial charge in [0.1, 0.15) is 5.75 Å². The standard InChI is InChI=1S/C15H19ClN2O5/c1-15(2,3)18-14(21)17-12(19)8-23-13(20)9-22-11-7-5-4-6-10(11)16/h4-7H,8-9H2,1-3H3,(H2,17,18,19,21). The van der Waals surface area contributed by atoms with Crippen molar-refractivity contribution in [2.45, 2.75) is 26.3 Å². The first-order valence-electron chi connectivity index (χ1n) is 6.82. The molecule has 0 bridgehead atoms. The molecular weight excluding hydrogens is 324 g/mol. The minimum Gasteiger partial charge on any atom is -0.480 e. The lowest BCUT2D eigenvalue weighted by molar-refractivity contribution is -0.150. The Morgan fingerprint density at radius 3 is 2.39 bits per heavy atom. The monoisotopic (exact) mass is 342 g/mol. The van der Waals surface area contributed by atoms with E-state index >= 15 is 0 Å². The van der Waals surface area contributed by atoms with Crippen LogP contribution in [-0.2, 0) is 14.3 Å². The second-order valence-corrected chi connectivity index (χ2v) is 6.04. The highest BCUT2D eigenvalue weighted by molar-refractivity contribution is 6.32. The van der Waals surface area contributed by atoms with Crippen molar-refractivity contribution in [1.82, 2.24) is 10.6 Å². The SMILES string of the molecule is CC(C)(C)NC(=O)NC(=O)COC(=O)COc1ccccc1Cl. The number of halogens is 1. The van der Waals surface area contributed by atoms with Crippen LogP contribution in [0.5, 0.6) is 5.75 Å². The van der Waals surface area contributed by atoms with Gasteiger partial charge >= 0.3 is 12.0 Å². The summed E-state index contributed by atoms with van der Waals surface area (Å²) in [6, 6.07) is 5.97. The third-order valence-corrected chi connectivity index (χ3v) is 2.60. The minimum atomic E-state index is -0.753. The van der Waals surface area contributed by atoms with Crippen molar-refractivity contribution in [3.05, 3.63) is 29.3 Å². The zero-order chi connectivity index (χ0) is 17.5. The molecule has 1 aromatic rings. The molecule has 0 fully saturated rings. The number of benzene rings is 1. The van der Waals surface area contributed by atoms with E-state index in [-0.39, 0.29) is 0 Å². The summed E-state index contributed by atoms with van der Waals surface area (Å²) in [6.07, 6.45) is 0. The van der Waals surface area contributed by atoms with Crippen molar-refractivity contribution in [1.29, 1.82) is 0 Å². The Bertz CT molecular complexity index is 583. The predicted octanol–water partition coefficient (Wildman–Crippen LogP) is 1.89. The first-order valence-corrected chi connectivity index (χ1v) is 7.20. The van der Waals surface area contributed by atoms with Crippen molar-refractivity contribution in [2.24, 2.45) is 0 Å². The molecule has 0 atom stereocenters. The number of rotatable bonds is 5. The van der Waals surface area contributed by atoms with Crippen LogP contribution >= 0.6 is 11.6 Å². The normalized spacial score (nSPS) is 10.6. The van der Waals surface area contributed by atoms with Crippen LogP contribution in [0.1, 0.15) is 20.8 Å². The molecule has 8 heteroatoms. The molecule has 23 heavy (non-hydrogen) atoms. The number of para-hydroxylation sites is 1. The number of imide groups is 1. The van der Waals surface area contributed by atoms with Crippen LogP contribution in [0.2, 0.25) is 5.02 Å². The Morgan fingerprint density at radius 2 is 1.78 bits per heavy atom. The molecule has 0 radical (unpaired) electrons. The van der Waals surface area contributed by atoms with Gasteiger partial charge in [-0.05, 0) is 32.9 Å². The largest absolute Gasteiger partial charge is 0.480 e. The molecule has 1 rings (SSSR count). The molecule has 3 amide bonds. The average molecular weight is 343 g/mol. The van der Waals surface area contributed by atoms with Gasteiger partial charge < -0.3 is 14.8 Å². The summed E-state index contributed by atoms with van der Waals surface area (Å²) in [4.78, 5) is 34.4. The van der Waals surface area contributed by atoms with Crippen LogP contribution in [0.3, 0.4) is 0 Å². The Kier molecular flexibility index (Phi) is 6.84. The average Bonchev–Trinajstić information content (AvgIpc) is 2.42. The lowest BCUT2D eigenvalue weighted by Crippen LogP contribution is -2.49. The minimum absolute atomic E-state index is 0.333. The Morgan fingerprint density at radius 1 is 1.13 bits per heavy atom. The fourth-order valence-electron chi connectivity index (χ4n) is 1.42. The molecular formula is C15H19ClN2O5. The summed E-state index contributed by atoms with van der Waals surface area (Å²) in [5.41, 5.74) is -0.482. The van der Waals surface area contributed by atoms with Gasteiger partial charge in [-0.15, -0.1) is 0 Å². The van der Waals surface area contributed by atoms with Crippen LogP contribution in [0.15, 0.2) is 24.3 Å². The van der Waals surface area contributed by atoms with Crippen LogP contribution in [0, 0.1) is 0 Å². The summed E-state index contributed by atoms with van der Waals surface area (Å²) in [5.74, 6) is -1.16. The lowest BCUT2D eigenvalue weighted by Gasteiger charge is -2.20. The number of hydrogen-bond acceptors (Lipinski definition) is 5. The number of carbonyl (C=O) groups excluding carboxylic acids is 3. The zero-order valence-corrected chi connectivity index (χ0v) is 13.9. The summed E-state index contributed by atoms with van der Waals surface area (Å²) >= 11 is 5.86. The van der Waals surface area contributed by atoms with E-state index in [2.05, 4.69) is 5.32 Å². The highest BCUT2D eigenvalue weighted by Crippen LogP contribution is 2.22. The van der Waals surface area contributed by atoms with Gasteiger partial charge in [0, 0.05) is 5.54 Å². The molecule has 0 heterocycles. The third kappa shape index (κ3) is 8.06. The van der Waals surface area contributed by atoms with Crippen molar-refractivity contribution in [3.8, 4) is 5.75 Å². The zero-order valence-electron chi connectivity index (χ0n) is 13.1. The maximum absolute atomic E-state index is 11.5. The number of hydrogen-bond donors (Lipinski definition) is 2. The van der Waals surface area contributed by atoms with E-state index in [0.717, 1.165) is 0 Å². The van der Waals surface area contributed by atoms with Crippen molar-refractivity contribution in [2.75, 3.05) is 13.2 Å². The summed E-state index contributed by atoms with van der Waals surface area (Å²) in [5, 5.41) is 4.94. The molecule has 0 aliphatic carbocycles. The number of amides is 3. The van der Waals surface area contributed by atoms with E-state index in [1.807, 2.05) is 5.32 Å². The summed E-state index contributed by atoms with van der Waals surface area (Å²) in [7, 11) is 0. The second-order valence-electron chi connectivity index (χ2n) is 5.63. The fourth-order valence-corrected chi connectivity index (χ4v) is 1.61. The van der Waals surface area contributed by atoms with Gasteiger partial charge in [-0.25, -0.2) is 9.59 Å². The van der Waals surface area contributed by atoms with E-state index in [1.54, 1.807) is 45.0 Å². The van der Waals surface area contributed by atoms with Gasteiger partial charge in [-0.2, -0.15) is 0 Å². The van der Waals surface area contributed by atoms with Crippen LogP contribution in [0.4, 0.5) is 4.79 Å². The smallest absolute Gasteiger partial charge is 0.344 e. The van der Waals surface area contributed by atoms with E-state index < -0.39 is 36.7 Å². The van der Waals surface area contributed by atoms with Crippen LogP contribution in [-0.4, -0.2) is 36.7 Å². The van der Waals surface area contributed by atoms with E-state index in [4.69, 9.17) is 21.1 Å². The maximum atomic E-state index is 11.5. The number of esters is 1. The number of carbonyl (C=O) groups is 3. The van der Waals surface area contributed by atoms with Gasteiger partial charge in [0.2, 0.25) is 0 Å². The highest BCUT2D eigenvalue weighted by atomic mass is 35.5. The molecule has 0 aromatic heterocycles. The van der Waals surface area contributed by atoms with E-state index in [0.29, 0.717) is 10.8 Å². The molecule has 126 valence electrons. The third-order valence-electron chi connectivity index (χ3n) is 2.29. The quantitative estimate of drug-likeness (QED) is 0.797. The first kappa shape index (κ1) is 18.8. The van der Waals surface area contributed by atoms with Crippen LogP contribution < -0.4 is 15.4 Å². The first-order chi connectivity index (χ1) is 10.7. The highest BCUT2D eigenvalue weighted by Gasteiger charge is 2.16. The van der Waals surface area contributed by atoms with Gasteiger partial charge in [-0.3, -0.25) is 10.1 Å². The Labute approximate surface area is 139 Å². The molecule has 0 saturated heterocycles. The van der Waals surface area contributed by atoms with Crippen molar-refractivity contribution in [3.63, 3.8) is 0 Å². The van der Waals surface area contributed by atoms with Gasteiger partial charge in [-0.1, -0.05) is 23.7 Å². The number of urea groups is 1. The maximum Gasteiger partial charge on any atom is 0.344 e. The Hall–Kier alpha value is -2.28. The second kappa shape index (κ2) is 8.38. The molecule has 0 saturated carbocycles. The van der Waals surface area contributed by atoms with E-state index in [1.165, 1.54) is 0 Å². The number of ether oxygens (including phenoxy) is 2. The molecule has 0 spiro atoms. The number of nitrogens with one attached hydrogen (secondary N) is 2. The topological polar surface area (TPSA) is 93.7 Å². The molecule has 0 aliphatic heterocycles. The molecule has 0 unspecified atom stereocenters. The summed E-state index contributed by atoms with van der Waals surface area (Å²) < 4.78 is 9.86. The van der Waals surface area contributed by atoms with Crippen molar-refractivity contribution >= 4 is 29.5 Å². The molecule has 2 N–H and O–H groups in total. The molecule has 7 nitrogen and oxygen atoms in total. The van der Waals surface area contributed by atoms with Crippen LogP contribution in [0.25, 0.3) is 0 Å².